The molecule has 4 nitrogen and oxygen atoms in total. The van der Waals surface area contributed by atoms with E-state index < -0.39 is 11.9 Å². The SMILES string of the molecule is CCCCCCCCCCC/C=C/CCCCOC(=O)c1ccccc1C(=O)O. The number of carboxylic acids is 1. The van der Waals surface area contributed by atoms with Crippen molar-refractivity contribution in [3.05, 3.63) is 47.5 Å². The van der Waals surface area contributed by atoms with Crippen LogP contribution in [-0.4, -0.2) is 23.7 Å². The summed E-state index contributed by atoms with van der Waals surface area (Å²) in [6.45, 7) is 2.57. The van der Waals surface area contributed by atoms with Crippen LogP contribution in [-0.2, 0) is 4.74 Å². The van der Waals surface area contributed by atoms with Crippen LogP contribution >= 0.6 is 0 Å². The summed E-state index contributed by atoms with van der Waals surface area (Å²) in [6, 6.07) is 6.14. The van der Waals surface area contributed by atoms with Gasteiger partial charge in [-0.05, 0) is 44.2 Å². The predicted molar refractivity (Wildman–Crippen MR) is 119 cm³/mol. The second kappa shape index (κ2) is 16.8. The number of carboxylic acid groups (broad SMARTS) is 1. The highest BCUT2D eigenvalue weighted by molar-refractivity contribution is 6.02. The molecule has 0 radical (unpaired) electrons. The van der Waals surface area contributed by atoms with Gasteiger partial charge in [-0.2, -0.15) is 0 Å². The Hall–Kier alpha value is -2.10. The van der Waals surface area contributed by atoms with Crippen LogP contribution in [0.5, 0.6) is 0 Å². The summed E-state index contributed by atoms with van der Waals surface area (Å²) in [5.41, 5.74) is 0.0952. The van der Waals surface area contributed by atoms with E-state index in [1.807, 2.05) is 0 Å². The monoisotopic (exact) mass is 402 g/mol. The van der Waals surface area contributed by atoms with E-state index >= 15 is 0 Å². The number of ether oxygens (including phenoxy) is 1. The summed E-state index contributed by atoms with van der Waals surface area (Å²) >= 11 is 0. The molecule has 0 amide bonds. The number of hydrogen-bond acceptors (Lipinski definition) is 3. The first-order valence-corrected chi connectivity index (χ1v) is 11.3. The Balaban J connectivity index is 1.98. The van der Waals surface area contributed by atoms with Crippen molar-refractivity contribution in [2.45, 2.75) is 90.4 Å². The van der Waals surface area contributed by atoms with Gasteiger partial charge in [0.25, 0.3) is 0 Å². The number of hydrogen-bond donors (Lipinski definition) is 1. The molecular weight excluding hydrogens is 364 g/mol. The van der Waals surface area contributed by atoms with Crippen molar-refractivity contribution in [2.24, 2.45) is 0 Å². The third kappa shape index (κ3) is 12.1. The lowest BCUT2D eigenvalue weighted by molar-refractivity contribution is 0.0488. The number of unbranched alkanes of at least 4 members (excludes halogenated alkanes) is 11. The lowest BCUT2D eigenvalue weighted by atomic mass is 10.1. The van der Waals surface area contributed by atoms with Crippen molar-refractivity contribution in [1.29, 1.82) is 0 Å². The number of benzene rings is 1. The quantitative estimate of drug-likeness (QED) is 0.170. The Morgan fingerprint density at radius 1 is 0.793 bits per heavy atom. The highest BCUT2D eigenvalue weighted by atomic mass is 16.5. The highest BCUT2D eigenvalue weighted by Gasteiger charge is 2.16. The lowest BCUT2D eigenvalue weighted by Crippen LogP contribution is -2.12. The Bertz CT molecular complexity index is 607. The molecule has 0 aromatic heterocycles. The molecular formula is C25H38O4. The van der Waals surface area contributed by atoms with Crippen molar-refractivity contribution in [3.8, 4) is 0 Å². The zero-order chi connectivity index (χ0) is 21.2. The molecule has 0 saturated heterocycles. The van der Waals surface area contributed by atoms with Gasteiger partial charge in [-0.15, -0.1) is 0 Å². The van der Waals surface area contributed by atoms with E-state index in [9.17, 15) is 9.59 Å². The number of esters is 1. The third-order valence-electron chi connectivity index (χ3n) is 5.02. The maximum absolute atomic E-state index is 12.0. The molecule has 0 aliphatic carbocycles. The second-order valence-electron chi connectivity index (χ2n) is 7.57. The summed E-state index contributed by atoms with van der Waals surface area (Å²) in [5.74, 6) is -1.68. The Morgan fingerprint density at radius 2 is 1.31 bits per heavy atom. The summed E-state index contributed by atoms with van der Waals surface area (Å²) in [6.07, 6.45) is 20.6. The van der Waals surface area contributed by atoms with Crippen molar-refractivity contribution in [3.63, 3.8) is 0 Å². The number of carbonyl (C=O) groups is 2. The fourth-order valence-corrected chi connectivity index (χ4v) is 3.26. The minimum atomic E-state index is -1.12. The maximum atomic E-state index is 12.0. The van der Waals surface area contributed by atoms with E-state index in [4.69, 9.17) is 9.84 Å². The first kappa shape index (κ1) is 24.9. The van der Waals surface area contributed by atoms with E-state index in [1.165, 1.54) is 69.9 Å². The van der Waals surface area contributed by atoms with Crippen LogP contribution in [0.2, 0.25) is 0 Å². The second-order valence-corrected chi connectivity index (χ2v) is 7.57. The standard InChI is InChI=1S/C25H38O4/c1-2-3-4-5-6-7-8-9-10-11-12-13-14-15-18-21-29-25(28)23-20-17-16-19-22(23)24(26)27/h12-13,16-17,19-20H,2-11,14-15,18,21H2,1H3,(H,26,27)/b13-12+. The predicted octanol–water partition coefficient (Wildman–Crippen LogP) is 7.19. The van der Waals surface area contributed by atoms with Crippen LogP contribution in [0.25, 0.3) is 0 Å². The zero-order valence-corrected chi connectivity index (χ0v) is 18.0. The molecule has 0 bridgehead atoms. The number of allylic oxidation sites excluding steroid dienone is 2. The Kier molecular flexibility index (Phi) is 14.5. The fourth-order valence-electron chi connectivity index (χ4n) is 3.26. The molecule has 0 unspecified atom stereocenters. The fraction of sp³-hybridized carbons (Fsp3) is 0.600. The summed E-state index contributed by atoms with van der Waals surface area (Å²) in [5, 5.41) is 9.11. The number of rotatable bonds is 17. The molecule has 0 aliphatic rings. The van der Waals surface area contributed by atoms with E-state index in [2.05, 4.69) is 19.1 Å². The van der Waals surface area contributed by atoms with Crippen LogP contribution < -0.4 is 0 Å². The van der Waals surface area contributed by atoms with Crippen LogP contribution in [0.1, 0.15) is 111 Å². The topological polar surface area (TPSA) is 63.6 Å². The van der Waals surface area contributed by atoms with Crippen LogP contribution in [0.15, 0.2) is 36.4 Å². The van der Waals surface area contributed by atoms with Crippen LogP contribution in [0, 0.1) is 0 Å². The van der Waals surface area contributed by atoms with Gasteiger partial charge in [0.1, 0.15) is 0 Å². The maximum Gasteiger partial charge on any atom is 0.339 e. The Morgan fingerprint density at radius 3 is 1.90 bits per heavy atom. The van der Waals surface area contributed by atoms with Gasteiger partial charge in [-0.1, -0.05) is 82.6 Å². The van der Waals surface area contributed by atoms with Gasteiger partial charge in [-0.3, -0.25) is 0 Å². The van der Waals surface area contributed by atoms with Crippen molar-refractivity contribution < 1.29 is 19.4 Å². The average Bonchev–Trinajstić information content (AvgIpc) is 2.73. The molecule has 1 aromatic carbocycles. The molecule has 0 spiro atoms. The van der Waals surface area contributed by atoms with Gasteiger partial charge in [0.2, 0.25) is 0 Å². The lowest BCUT2D eigenvalue weighted by Gasteiger charge is -2.06. The largest absolute Gasteiger partial charge is 0.478 e. The van der Waals surface area contributed by atoms with Gasteiger partial charge >= 0.3 is 11.9 Å². The van der Waals surface area contributed by atoms with Gasteiger partial charge in [0.05, 0.1) is 17.7 Å². The average molecular weight is 403 g/mol. The summed E-state index contributed by atoms with van der Waals surface area (Å²) in [7, 11) is 0. The van der Waals surface area contributed by atoms with E-state index in [0.717, 1.165) is 25.7 Å². The van der Waals surface area contributed by atoms with Gasteiger partial charge in [0, 0.05) is 0 Å². The zero-order valence-electron chi connectivity index (χ0n) is 18.0. The number of carbonyl (C=O) groups excluding carboxylic acids is 1. The first-order chi connectivity index (χ1) is 14.2. The van der Waals surface area contributed by atoms with Crippen LogP contribution in [0.3, 0.4) is 0 Å². The highest BCUT2D eigenvalue weighted by Crippen LogP contribution is 2.12. The molecule has 0 saturated carbocycles. The molecule has 1 aromatic rings. The molecule has 29 heavy (non-hydrogen) atoms. The molecule has 162 valence electrons. The van der Waals surface area contributed by atoms with E-state index in [1.54, 1.807) is 12.1 Å². The molecule has 0 heterocycles. The molecule has 1 N–H and O–H groups in total. The summed E-state index contributed by atoms with van der Waals surface area (Å²) in [4.78, 5) is 23.2. The Labute approximate surface area is 176 Å². The van der Waals surface area contributed by atoms with Gasteiger partial charge < -0.3 is 9.84 Å². The normalized spacial score (nSPS) is 11.1. The van der Waals surface area contributed by atoms with Crippen molar-refractivity contribution >= 4 is 11.9 Å². The minimum Gasteiger partial charge on any atom is -0.478 e. The third-order valence-corrected chi connectivity index (χ3v) is 5.02. The van der Waals surface area contributed by atoms with E-state index in [0.29, 0.717) is 6.61 Å². The smallest absolute Gasteiger partial charge is 0.339 e. The van der Waals surface area contributed by atoms with Gasteiger partial charge in [0.15, 0.2) is 0 Å². The summed E-state index contributed by atoms with van der Waals surface area (Å²) < 4.78 is 5.21. The minimum absolute atomic E-state index is 0.0167. The van der Waals surface area contributed by atoms with Gasteiger partial charge in [-0.25, -0.2) is 9.59 Å². The number of aromatic carboxylic acids is 1. The molecule has 0 atom stereocenters. The molecule has 0 fully saturated rings. The van der Waals surface area contributed by atoms with Crippen molar-refractivity contribution in [1.82, 2.24) is 0 Å². The molecule has 1 rings (SSSR count). The molecule has 0 aliphatic heterocycles. The molecule has 4 heteroatoms. The first-order valence-electron chi connectivity index (χ1n) is 11.3. The van der Waals surface area contributed by atoms with Crippen molar-refractivity contribution in [2.75, 3.05) is 6.61 Å². The van der Waals surface area contributed by atoms with E-state index in [-0.39, 0.29) is 11.1 Å². The van der Waals surface area contributed by atoms with Crippen LogP contribution in [0.4, 0.5) is 0 Å².